The number of phenols is 1. The van der Waals surface area contributed by atoms with Gasteiger partial charge in [0.05, 0.1) is 5.56 Å². The summed E-state index contributed by atoms with van der Waals surface area (Å²) in [4.78, 5) is 17.2. The van der Waals surface area contributed by atoms with Crippen LogP contribution >= 0.6 is 0 Å². The molecule has 0 spiro atoms. The molecule has 4 aliphatic carbocycles. The minimum absolute atomic E-state index is 0.0573. The lowest BCUT2D eigenvalue weighted by molar-refractivity contribution is -0.0367. The fourth-order valence-electron chi connectivity index (χ4n) is 6.05. The van der Waals surface area contributed by atoms with Crippen molar-refractivity contribution < 1.29 is 9.90 Å². The van der Waals surface area contributed by atoms with E-state index in [1.807, 2.05) is 18.2 Å². The van der Waals surface area contributed by atoms with Gasteiger partial charge in [0.25, 0.3) is 0 Å². The van der Waals surface area contributed by atoms with Crippen LogP contribution in [0.15, 0.2) is 30.5 Å². The second kappa shape index (κ2) is 5.30. The number of hydrogen-bond acceptors (Lipinski definition) is 3. The Morgan fingerprint density at radius 1 is 1.04 bits per heavy atom. The molecule has 1 heterocycles. The molecule has 4 bridgehead atoms. The summed E-state index contributed by atoms with van der Waals surface area (Å²) in [6, 6.07) is 7.43. The molecule has 0 aliphatic heterocycles. The number of aromatic nitrogens is 1. The van der Waals surface area contributed by atoms with Crippen molar-refractivity contribution in [3.8, 4) is 5.75 Å². The average Bonchev–Trinajstić information content (AvgIpc) is 2.58. The Morgan fingerprint density at radius 2 is 1.75 bits per heavy atom. The van der Waals surface area contributed by atoms with Crippen LogP contribution in [0.25, 0.3) is 10.9 Å². The number of nitrogens with zero attached hydrogens (tertiary/aromatic N) is 1. The zero-order valence-electron chi connectivity index (χ0n) is 13.8. The summed E-state index contributed by atoms with van der Waals surface area (Å²) in [5, 5.41) is 11.4. The number of hydrogen-bond donors (Lipinski definition) is 1. The Kier molecular flexibility index (Phi) is 3.19. The van der Waals surface area contributed by atoms with Crippen LogP contribution in [0.1, 0.15) is 48.9 Å². The maximum atomic E-state index is 12.9. The SMILES string of the molecule is O=C(CC1C2CC3CC(C2)CC1C3)c1ccc2cccnc2c1O. The van der Waals surface area contributed by atoms with Crippen molar-refractivity contribution >= 4 is 16.7 Å². The van der Waals surface area contributed by atoms with Gasteiger partial charge >= 0.3 is 0 Å². The lowest BCUT2D eigenvalue weighted by Crippen LogP contribution is -2.45. The summed E-state index contributed by atoms with van der Waals surface area (Å²) in [7, 11) is 0. The summed E-state index contributed by atoms with van der Waals surface area (Å²) in [5.41, 5.74) is 0.989. The van der Waals surface area contributed by atoms with Gasteiger partial charge in [-0.3, -0.25) is 9.78 Å². The summed E-state index contributed by atoms with van der Waals surface area (Å²) >= 11 is 0. The third-order valence-electron chi connectivity index (χ3n) is 6.89. The van der Waals surface area contributed by atoms with Crippen LogP contribution in [0.4, 0.5) is 0 Å². The highest BCUT2D eigenvalue weighted by molar-refractivity contribution is 6.03. The van der Waals surface area contributed by atoms with Gasteiger partial charge in [-0.1, -0.05) is 12.1 Å². The van der Waals surface area contributed by atoms with Crippen molar-refractivity contribution in [1.29, 1.82) is 0 Å². The summed E-state index contributed by atoms with van der Waals surface area (Å²) in [6.07, 6.45) is 9.01. The fourth-order valence-corrected chi connectivity index (χ4v) is 6.05. The number of rotatable bonds is 3. The van der Waals surface area contributed by atoms with Gasteiger partial charge in [0.2, 0.25) is 0 Å². The molecule has 1 aromatic carbocycles. The number of aromatic hydroxyl groups is 1. The number of Topliss-reactive ketones (excluding diaryl/α,β-unsaturated/α-hetero) is 1. The van der Waals surface area contributed by atoms with E-state index in [4.69, 9.17) is 0 Å². The minimum atomic E-state index is 0.0573. The lowest BCUT2D eigenvalue weighted by Gasteiger charge is -2.54. The van der Waals surface area contributed by atoms with E-state index < -0.39 is 0 Å². The largest absolute Gasteiger partial charge is 0.505 e. The van der Waals surface area contributed by atoms with Crippen LogP contribution in [0.5, 0.6) is 5.75 Å². The second-order valence-corrected chi connectivity index (χ2v) is 8.26. The molecule has 0 unspecified atom stereocenters. The van der Waals surface area contributed by atoms with Crippen LogP contribution in [0.2, 0.25) is 0 Å². The maximum absolute atomic E-state index is 12.9. The van der Waals surface area contributed by atoms with E-state index in [-0.39, 0.29) is 11.5 Å². The molecule has 0 radical (unpaired) electrons. The van der Waals surface area contributed by atoms with E-state index >= 15 is 0 Å². The molecule has 2 aromatic rings. The zero-order chi connectivity index (χ0) is 16.3. The Labute approximate surface area is 142 Å². The predicted octanol–water partition coefficient (Wildman–Crippen LogP) is 4.59. The van der Waals surface area contributed by atoms with Gasteiger partial charge in [-0.15, -0.1) is 0 Å². The highest BCUT2D eigenvalue weighted by atomic mass is 16.3. The molecule has 0 saturated heterocycles. The summed E-state index contributed by atoms with van der Waals surface area (Å²) in [5.74, 6) is 4.02. The van der Waals surface area contributed by atoms with Crippen LogP contribution in [-0.4, -0.2) is 15.9 Å². The number of carbonyl (C=O) groups is 1. The van der Waals surface area contributed by atoms with Gasteiger partial charge in [0.1, 0.15) is 5.52 Å². The molecular weight excluding hydrogens is 298 g/mol. The number of benzene rings is 1. The Bertz CT molecular complexity index is 785. The van der Waals surface area contributed by atoms with Crippen LogP contribution in [0.3, 0.4) is 0 Å². The van der Waals surface area contributed by atoms with E-state index in [0.29, 0.717) is 23.4 Å². The standard InChI is InChI=1S/C21H23NO2/c23-19(17-4-3-14-2-1-5-22-20(14)21(17)24)11-18-15-7-12-6-13(9-15)10-16(18)8-12/h1-5,12-13,15-16,18,24H,6-11H2. The third kappa shape index (κ3) is 2.17. The normalized spacial score (nSPS) is 33.9. The molecule has 24 heavy (non-hydrogen) atoms. The smallest absolute Gasteiger partial charge is 0.166 e. The first-order valence-electron chi connectivity index (χ1n) is 9.29. The number of phenolic OH excluding ortho intramolecular Hbond substituents is 1. The van der Waals surface area contributed by atoms with Crippen molar-refractivity contribution in [2.24, 2.45) is 29.6 Å². The van der Waals surface area contributed by atoms with Gasteiger partial charge in [-0.05, 0) is 73.8 Å². The third-order valence-corrected chi connectivity index (χ3v) is 6.89. The molecule has 4 saturated carbocycles. The van der Waals surface area contributed by atoms with Crippen molar-refractivity contribution in [3.63, 3.8) is 0 Å². The first kappa shape index (κ1) is 14.4. The van der Waals surface area contributed by atoms with Gasteiger partial charge in [0, 0.05) is 18.0 Å². The van der Waals surface area contributed by atoms with E-state index in [1.165, 1.54) is 32.1 Å². The fraction of sp³-hybridized carbons (Fsp3) is 0.524. The molecule has 0 amide bonds. The highest BCUT2D eigenvalue weighted by Gasteiger charge is 2.48. The van der Waals surface area contributed by atoms with E-state index in [2.05, 4.69) is 4.98 Å². The van der Waals surface area contributed by atoms with Crippen molar-refractivity contribution in [1.82, 2.24) is 4.98 Å². The predicted molar refractivity (Wildman–Crippen MR) is 92.9 cm³/mol. The molecule has 6 rings (SSSR count). The number of pyridine rings is 1. The van der Waals surface area contributed by atoms with Crippen LogP contribution in [-0.2, 0) is 0 Å². The molecule has 4 fully saturated rings. The monoisotopic (exact) mass is 321 g/mol. The van der Waals surface area contributed by atoms with E-state index in [0.717, 1.165) is 29.1 Å². The topological polar surface area (TPSA) is 50.2 Å². The first-order chi connectivity index (χ1) is 11.7. The van der Waals surface area contributed by atoms with E-state index in [1.54, 1.807) is 12.3 Å². The molecule has 1 aromatic heterocycles. The second-order valence-electron chi connectivity index (χ2n) is 8.26. The Balaban J connectivity index is 1.42. The number of fused-ring (bicyclic) bond motifs is 1. The molecule has 3 heteroatoms. The summed E-state index contributed by atoms with van der Waals surface area (Å²) < 4.78 is 0. The van der Waals surface area contributed by atoms with Crippen LogP contribution < -0.4 is 0 Å². The lowest BCUT2D eigenvalue weighted by atomic mass is 9.51. The van der Waals surface area contributed by atoms with Gasteiger partial charge in [-0.2, -0.15) is 0 Å². The van der Waals surface area contributed by atoms with Crippen molar-refractivity contribution in [2.75, 3.05) is 0 Å². The summed E-state index contributed by atoms with van der Waals surface area (Å²) in [6.45, 7) is 0. The van der Waals surface area contributed by atoms with Gasteiger partial charge in [0.15, 0.2) is 11.5 Å². The highest BCUT2D eigenvalue weighted by Crippen LogP contribution is 2.57. The van der Waals surface area contributed by atoms with Crippen molar-refractivity contribution in [3.05, 3.63) is 36.0 Å². The number of ketones is 1. The quantitative estimate of drug-likeness (QED) is 0.841. The van der Waals surface area contributed by atoms with Gasteiger partial charge < -0.3 is 5.11 Å². The van der Waals surface area contributed by atoms with E-state index in [9.17, 15) is 9.90 Å². The molecule has 0 atom stereocenters. The first-order valence-corrected chi connectivity index (χ1v) is 9.29. The molecular formula is C21H23NO2. The molecule has 3 nitrogen and oxygen atoms in total. The maximum Gasteiger partial charge on any atom is 0.166 e. The Hall–Kier alpha value is -1.90. The average molecular weight is 321 g/mol. The Morgan fingerprint density at radius 3 is 2.46 bits per heavy atom. The number of carbonyl (C=O) groups excluding carboxylic acids is 1. The minimum Gasteiger partial charge on any atom is -0.505 e. The van der Waals surface area contributed by atoms with Crippen molar-refractivity contribution in [2.45, 2.75) is 38.5 Å². The zero-order valence-corrected chi connectivity index (χ0v) is 13.8. The van der Waals surface area contributed by atoms with Gasteiger partial charge in [-0.25, -0.2) is 0 Å². The molecule has 1 N–H and O–H groups in total. The molecule has 124 valence electrons. The van der Waals surface area contributed by atoms with Crippen LogP contribution in [0, 0.1) is 29.6 Å². The molecule has 4 aliphatic rings.